The highest BCUT2D eigenvalue weighted by atomic mass is 35.5. The maximum Gasteiger partial charge on any atom is 0.331 e. The van der Waals surface area contributed by atoms with Gasteiger partial charge in [-0.25, -0.2) is 4.79 Å². The predicted molar refractivity (Wildman–Crippen MR) is 92.6 cm³/mol. The first-order chi connectivity index (χ1) is 12.1. The van der Waals surface area contributed by atoms with Crippen LogP contribution in [0.15, 0.2) is 48.5 Å². The Kier molecular flexibility index (Phi) is 5.20. The molecule has 0 spiro atoms. The molecule has 2 aromatic rings. The lowest BCUT2D eigenvalue weighted by Gasteiger charge is -2.05. The number of ether oxygens (including phenoxy) is 3. The minimum atomic E-state index is -0.626. The second-order valence-electron chi connectivity index (χ2n) is 5.11. The van der Waals surface area contributed by atoms with Gasteiger partial charge in [-0.05, 0) is 42.0 Å². The van der Waals surface area contributed by atoms with Crippen LogP contribution in [-0.4, -0.2) is 25.3 Å². The van der Waals surface area contributed by atoms with Crippen molar-refractivity contribution in [3.63, 3.8) is 0 Å². The fourth-order valence-electron chi connectivity index (χ4n) is 2.13. The van der Waals surface area contributed by atoms with Gasteiger partial charge < -0.3 is 19.5 Å². The van der Waals surface area contributed by atoms with Crippen LogP contribution in [0.2, 0.25) is 5.02 Å². The lowest BCUT2D eigenvalue weighted by molar-refractivity contribution is -0.142. The number of rotatable bonds is 5. The molecule has 1 amide bonds. The monoisotopic (exact) mass is 359 g/mol. The second-order valence-corrected chi connectivity index (χ2v) is 5.55. The van der Waals surface area contributed by atoms with Crippen LogP contribution in [0.25, 0.3) is 6.08 Å². The van der Waals surface area contributed by atoms with Crippen LogP contribution in [-0.2, 0) is 14.3 Å². The maximum atomic E-state index is 11.7. The molecular formula is C18H14ClNO5. The van der Waals surface area contributed by atoms with Crippen molar-refractivity contribution >= 4 is 35.2 Å². The lowest BCUT2D eigenvalue weighted by atomic mass is 10.2. The Balaban J connectivity index is 1.48. The molecule has 0 aliphatic carbocycles. The van der Waals surface area contributed by atoms with Gasteiger partial charge in [0.1, 0.15) is 0 Å². The van der Waals surface area contributed by atoms with E-state index in [4.69, 9.17) is 25.8 Å². The molecule has 6 nitrogen and oxygen atoms in total. The summed E-state index contributed by atoms with van der Waals surface area (Å²) in [6.07, 6.45) is 2.81. The summed E-state index contributed by atoms with van der Waals surface area (Å²) in [6.45, 7) is -0.205. The van der Waals surface area contributed by atoms with Crippen LogP contribution in [0.5, 0.6) is 11.5 Å². The Morgan fingerprint density at radius 3 is 2.84 bits per heavy atom. The van der Waals surface area contributed by atoms with Crippen LogP contribution in [0.4, 0.5) is 5.69 Å². The highest BCUT2D eigenvalue weighted by Gasteiger charge is 2.12. The summed E-state index contributed by atoms with van der Waals surface area (Å²) in [5.74, 6) is 0.208. The Labute approximate surface area is 148 Å². The highest BCUT2D eigenvalue weighted by Crippen LogP contribution is 2.32. The maximum absolute atomic E-state index is 11.7. The van der Waals surface area contributed by atoms with Crippen molar-refractivity contribution < 1.29 is 23.8 Å². The van der Waals surface area contributed by atoms with Gasteiger partial charge in [-0.15, -0.1) is 0 Å². The number of benzene rings is 2. The third-order valence-electron chi connectivity index (χ3n) is 3.26. The lowest BCUT2D eigenvalue weighted by Crippen LogP contribution is -2.20. The molecule has 0 fully saturated rings. The van der Waals surface area contributed by atoms with Gasteiger partial charge in [0.25, 0.3) is 5.91 Å². The van der Waals surface area contributed by atoms with E-state index in [1.165, 1.54) is 6.08 Å². The van der Waals surface area contributed by atoms with Crippen LogP contribution in [0.1, 0.15) is 5.56 Å². The zero-order valence-corrected chi connectivity index (χ0v) is 13.8. The predicted octanol–water partition coefficient (Wildman–Crippen LogP) is 3.26. The number of hydrogen-bond donors (Lipinski definition) is 1. The van der Waals surface area contributed by atoms with E-state index in [9.17, 15) is 9.59 Å². The van der Waals surface area contributed by atoms with Gasteiger partial charge in [-0.3, -0.25) is 4.79 Å². The summed E-state index contributed by atoms with van der Waals surface area (Å²) in [4.78, 5) is 23.4. The van der Waals surface area contributed by atoms with E-state index in [-0.39, 0.29) is 6.79 Å². The molecule has 0 radical (unpaired) electrons. The molecule has 1 aliphatic rings. The first-order valence-corrected chi connectivity index (χ1v) is 7.78. The number of fused-ring (bicyclic) bond motifs is 1. The van der Waals surface area contributed by atoms with Crippen molar-refractivity contribution in [3.05, 3.63) is 59.1 Å². The molecule has 2 aromatic carbocycles. The normalized spacial score (nSPS) is 12.2. The molecule has 0 aromatic heterocycles. The molecular weight excluding hydrogens is 346 g/mol. The molecule has 3 rings (SSSR count). The largest absolute Gasteiger partial charge is 0.454 e. The van der Waals surface area contributed by atoms with Crippen molar-refractivity contribution in [2.24, 2.45) is 0 Å². The van der Waals surface area contributed by atoms with Crippen molar-refractivity contribution in [1.29, 1.82) is 0 Å². The van der Waals surface area contributed by atoms with Crippen molar-refractivity contribution in [2.45, 2.75) is 0 Å². The summed E-state index contributed by atoms with van der Waals surface area (Å²) in [7, 11) is 0. The van der Waals surface area contributed by atoms with E-state index in [1.807, 2.05) is 0 Å². The number of hydrogen-bond acceptors (Lipinski definition) is 5. The van der Waals surface area contributed by atoms with Gasteiger partial charge >= 0.3 is 5.97 Å². The van der Waals surface area contributed by atoms with E-state index in [2.05, 4.69) is 5.32 Å². The minimum Gasteiger partial charge on any atom is -0.454 e. The molecule has 128 valence electrons. The van der Waals surface area contributed by atoms with Crippen molar-refractivity contribution in [1.82, 2.24) is 0 Å². The van der Waals surface area contributed by atoms with E-state index < -0.39 is 18.5 Å². The molecule has 0 bridgehead atoms. The van der Waals surface area contributed by atoms with Gasteiger partial charge in [-0.2, -0.15) is 0 Å². The number of amides is 1. The standard InChI is InChI=1S/C18H14ClNO5/c19-13-2-1-3-14(9-13)20-17(21)10-23-18(22)7-5-12-4-6-15-16(8-12)25-11-24-15/h1-9H,10-11H2,(H,20,21). The molecule has 0 unspecified atom stereocenters. The summed E-state index contributed by atoms with van der Waals surface area (Å²) in [6, 6.07) is 12.0. The fraction of sp³-hybridized carbons (Fsp3) is 0.111. The Bertz CT molecular complexity index is 834. The molecule has 0 saturated carbocycles. The molecule has 0 atom stereocenters. The minimum absolute atomic E-state index is 0.187. The number of carbonyl (C=O) groups excluding carboxylic acids is 2. The fourth-order valence-corrected chi connectivity index (χ4v) is 2.32. The number of esters is 1. The smallest absolute Gasteiger partial charge is 0.331 e. The van der Waals surface area contributed by atoms with E-state index in [0.29, 0.717) is 22.2 Å². The number of halogens is 1. The third kappa shape index (κ3) is 4.74. The average molecular weight is 360 g/mol. The van der Waals surface area contributed by atoms with E-state index in [1.54, 1.807) is 48.5 Å². The second kappa shape index (κ2) is 7.72. The summed E-state index contributed by atoms with van der Waals surface area (Å²) < 4.78 is 15.4. The molecule has 0 saturated heterocycles. The summed E-state index contributed by atoms with van der Waals surface area (Å²) in [5, 5.41) is 3.09. The Morgan fingerprint density at radius 2 is 2.00 bits per heavy atom. The Hall–Kier alpha value is -2.99. The van der Waals surface area contributed by atoms with Gasteiger partial charge in [0.05, 0.1) is 0 Å². The SMILES string of the molecule is O=C(COC(=O)C=Cc1ccc2c(c1)OCO2)Nc1cccc(Cl)c1. The van der Waals surface area contributed by atoms with Crippen molar-refractivity contribution in [3.8, 4) is 11.5 Å². The molecule has 1 aliphatic heterocycles. The average Bonchev–Trinajstić information content (AvgIpc) is 3.06. The molecule has 7 heteroatoms. The van der Waals surface area contributed by atoms with E-state index >= 15 is 0 Å². The van der Waals surface area contributed by atoms with E-state index in [0.717, 1.165) is 5.56 Å². The first kappa shape index (κ1) is 16.9. The zero-order valence-electron chi connectivity index (χ0n) is 13.0. The molecule has 25 heavy (non-hydrogen) atoms. The highest BCUT2D eigenvalue weighted by molar-refractivity contribution is 6.30. The van der Waals surface area contributed by atoms with Crippen LogP contribution in [0.3, 0.4) is 0 Å². The number of anilines is 1. The number of nitrogens with one attached hydrogen (secondary N) is 1. The number of carbonyl (C=O) groups is 2. The van der Waals surface area contributed by atoms with Gasteiger partial charge in [0.2, 0.25) is 6.79 Å². The van der Waals surface area contributed by atoms with Crippen molar-refractivity contribution in [2.75, 3.05) is 18.7 Å². The van der Waals surface area contributed by atoms with Crippen LogP contribution < -0.4 is 14.8 Å². The third-order valence-corrected chi connectivity index (χ3v) is 3.50. The summed E-state index contributed by atoms with van der Waals surface area (Å²) >= 11 is 5.83. The molecule has 1 N–H and O–H groups in total. The van der Waals surface area contributed by atoms with Crippen LogP contribution >= 0.6 is 11.6 Å². The topological polar surface area (TPSA) is 73.9 Å². The quantitative estimate of drug-likeness (QED) is 0.655. The van der Waals surface area contributed by atoms with Gasteiger partial charge in [0, 0.05) is 16.8 Å². The van der Waals surface area contributed by atoms with Gasteiger partial charge in [-0.1, -0.05) is 23.7 Å². The Morgan fingerprint density at radius 1 is 1.16 bits per heavy atom. The molecule has 1 heterocycles. The zero-order chi connectivity index (χ0) is 17.6. The first-order valence-electron chi connectivity index (χ1n) is 7.40. The van der Waals surface area contributed by atoms with Gasteiger partial charge in [0.15, 0.2) is 18.1 Å². The summed E-state index contributed by atoms with van der Waals surface area (Å²) in [5.41, 5.74) is 1.29. The van der Waals surface area contributed by atoms with Crippen LogP contribution in [0, 0.1) is 0 Å².